The van der Waals surface area contributed by atoms with E-state index in [1.807, 2.05) is 18.7 Å². The van der Waals surface area contributed by atoms with Gasteiger partial charge in [-0.05, 0) is 37.3 Å². The first-order valence-electron chi connectivity index (χ1n) is 6.87. The van der Waals surface area contributed by atoms with Crippen LogP contribution >= 0.6 is 23.5 Å². The largest absolute Gasteiger partial charge is 0.384 e. The first-order valence-corrected chi connectivity index (χ1v) is 9.01. The smallest absolute Gasteiger partial charge is 0.115 e. The van der Waals surface area contributed by atoms with Crippen molar-refractivity contribution in [2.45, 2.75) is 37.1 Å². The Bertz CT molecular complexity index is 495. The fourth-order valence-corrected chi connectivity index (χ4v) is 4.28. The lowest BCUT2D eigenvalue weighted by Crippen LogP contribution is -2.12. The van der Waals surface area contributed by atoms with Gasteiger partial charge in [-0.1, -0.05) is 18.2 Å². The second-order valence-electron chi connectivity index (χ2n) is 4.94. The summed E-state index contributed by atoms with van der Waals surface area (Å²) in [4.78, 5) is 4.56. The third-order valence-corrected chi connectivity index (χ3v) is 5.67. The van der Waals surface area contributed by atoms with Crippen molar-refractivity contribution in [2.75, 3.05) is 24.6 Å². The summed E-state index contributed by atoms with van der Waals surface area (Å²) in [6.45, 7) is 2.79. The molecule has 0 amide bonds. The molecule has 0 unspecified atom stereocenters. The molecule has 1 saturated carbocycles. The van der Waals surface area contributed by atoms with E-state index in [9.17, 15) is 5.26 Å². The van der Waals surface area contributed by atoms with Crippen molar-refractivity contribution in [2.24, 2.45) is 0 Å². The molecular weight excluding hydrogens is 288 g/mol. The Balaban J connectivity index is 2.07. The van der Waals surface area contributed by atoms with E-state index in [4.69, 9.17) is 4.74 Å². The quantitative estimate of drug-likeness (QED) is 0.433. The minimum atomic E-state index is 0.576. The molecule has 0 aliphatic heterocycles. The summed E-state index contributed by atoms with van der Waals surface area (Å²) in [5, 5.41) is 11.3. The van der Waals surface area contributed by atoms with E-state index in [-0.39, 0.29) is 0 Å². The first kappa shape index (κ1) is 15.7. The molecule has 0 radical (unpaired) electrons. The van der Waals surface area contributed by atoms with Crippen molar-refractivity contribution in [3.8, 4) is 6.07 Å². The maximum atomic E-state index is 9.47. The number of nitrogens with zero attached hydrogens (tertiary/aromatic N) is 2. The van der Waals surface area contributed by atoms with Gasteiger partial charge in [-0.25, -0.2) is 4.98 Å². The molecule has 3 nitrogen and oxygen atoms in total. The molecule has 0 atom stereocenters. The van der Waals surface area contributed by atoms with Crippen LogP contribution in [0.2, 0.25) is 0 Å². The van der Waals surface area contributed by atoms with Gasteiger partial charge in [0.15, 0.2) is 0 Å². The molecule has 1 fully saturated rings. The van der Waals surface area contributed by atoms with Crippen molar-refractivity contribution >= 4 is 23.5 Å². The molecule has 0 spiro atoms. The van der Waals surface area contributed by atoms with Gasteiger partial charge < -0.3 is 4.74 Å². The molecule has 1 aromatic heterocycles. The Morgan fingerprint density at radius 1 is 1.50 bits per heavy atom. The Hall–Kier alpha value is -0.700. The molecule has 20 heavy (non-hydrogen) atoms. The maximum absolute atomic E-state index is 9.47. The molecule has 0 saturated heterocycles. The molecule has 0 aromatic carbocycles. The summed E-state index contributed by atoms with van der Waals surface area (Å²) >= 11 is 3.50. The number of hydrogen-bond donors (Lipinski definition) is 0. The van der Waals surface area contributed by atoms with Gasteiger partial charge in [-0.3, -0.25) is 0 Å². The molecule has 5 heteroatoms. The molecular formula is C15H20N2OS2. The summed E-state index contributed by atoms with van der Waals surface area (Å²) in [5.74, 6) is 1.55. The van der Waals surface area contributed by atoms with Crippen LogP contribution in [-0.4, -0.2) is 29.5 Å². The van der Waals surface area contributed by atoms with Gasteiger partial charge in [0.25, 0.3) is 0 Å². The van der Waals surface area contributed by atoms with Crippen molar-refractivity contribution in [3.05, 3.63) is 22.9 Å². The number of hydrogen-bond acceptors (Lipinski definition) is 5. The van der Waals surface area contributed by atoms with Crippen LogP contribution in [0.5, 0.6) is 0 Å². The number of nitriles is 1. The lowest BCUT2D eigenvalue weighted by atomic mass is 9.78. The number of ether oxygens (including phenoxy) is 1. The topological polar surface area (TPSA) is 45.9 Å². The Morgan fingerprint density at radius 2 is 2.30 bits per heavy atom. The molecule has 1 heterocycles. The summed E-state index contributed by atoms with van der Waals surface area (Å²) in [6, 6.07) is 4.48. The highest BCUT2D eigenvalue weighted by atomic mass is 32.2. The van der Waals surface area contributed by atoms with Crippen LogP contribution in [0, 0.1) is 18.3 Å². The van der Waals surface area contributed by atoms with Crippen LogP contribution in [0.4, 0.5) is 0 Å². The molecule has 1 aromatic rings. The van der Waals surface area contributed by atoms with Gasteiger partial charge >= 0.3 is 0 Å². The van der Waals surface area contributed by atoms with E-state index in [0.717, 1.165) is 33.7 Å². The molecule has 1 aliphatic carbocycles. The van der Waals surface area contributed by atoms with Crippen LogP contribution in [-0.2, 0) is 4.74 Å². The van der Waals surface area contributed by atoms with Crippen molar-refractivity contribution in [1.29, 1.82) is 5.26 Å². The van der Waals surface area contributed by atoms with E-state index in [2.05, 4.69) is 17.1 Å². The monoisotopic (exact) mass is 308 g/mol. The van der Waals surface area contributed by atoms with Gasteiger partial charge in [0.2, 0.25) is 0 Å². The highest BCUT2D eigenvalue weighted by molar-refractivity contribution is 8.16. The highest BCUT2D eigenvalue weighted by Crippen LogP contribution is 2.40. The minimum absolute atomic E-state index is 0.576. The van der Waals surface area contributed by atoms with E-state index in [1.54, 1.807) is 18.9 Å². The zero-order valence-corrected chi connectivity index (χ0v) is 13.6. The third-order valence-electron chi connectivity index (χ3n) is 3.51. The van der Waals surface area contributed by atoms with Crippen molar-refractivity contribution in [1.82, 2.24) is 4.98 Å². The van der Waals surface area contributed by atoms with Gasteiger partial charge in [0, 0.05) is 23.6 Å². The number of rotatable bonds is 7. The third kappa shape index (κ3) is 3.91. The average Bonchev–Trinajstić information content (AvgIpc) is 2.36. The summed E-state index contributed by atoms with van der Waals surface area (Å²) < 4.78 is 5.03. The molecule has 1 aliphatic rings. The normalized spacial score (nSPS) is 14.8. The minimum Gasteiger partial charge on any atom is -0.384 e. The van der Waals surface area contributed by atoms with Gasteiger partial charge in [-0.15, -0.1) is 11.8 Å². The van der Waals surface area contributed by atoms with Gasteiger partial charge in [-0.2, -0.15) is 5.26 Å². The van der Waals surface area contributed by atoms with Crippen LogP contribution in [0.25, 0.3) is 0 Å². The van der Waals surface area contributed by atoms with Crippen molar-refractivity contribution in [3.63, 3.8) is 0 Å². The zero-order chi connectivity index (χ0) is 14.4. The van der Waals surface area contributed by atoms with E-state index in [0.29, 0.717) is 5.92 Å². The second-order valence-corrected chi connectivity index (χ2v) is 7.37. The highest BCUT2D eigenvalue weighted by Gasteiger charge is 2.24. The van der Waals surface area contributed by atoms with Crippen LogP contribution in [0.3, 0.4) is 0 Å². The predicted molar refractivity (Wildman–Crippen MR) is 85.3 cm³/mol. The molecule has 0 N–H and O–H groups in total. The number of aromatic nitrogens is 1. The Morgan fingerprint density at radius 3 is 2.90 bits per heavy atom. The number of aryl methyl sites for hydroxylation is 1. The summed E-state index contributed by atoms with van der Waals surface area (Å²) in [5.41, 5.74) is 3.04. The van der Waals surface area contributed by atoms with Crippen LogP contribution < -0.4 is 0 Å². The molecule has 108 valence electrons. The second kappa shape index (κ2) is 7.92. The fraction of sp³-hybridized carbons (Fsp3) is 0.600. The average molecular weight is 308 g/mol. The maximum Gasteiger partial charge on any atom is 0.115 e. The van der Waals surface area contributed by atoms with Crippen LogP contribution in [0.1, 0.15) is 42.0 Å². The number of pyridine rings is 1. The van der Waals surface area contributed by atoms with E-state index < -0.39 is 0 Å². The lowest BCUT2D eigenvalue weighted by Gasteiger charge is -2.27. The summed E-state index contributed by atoms with van der Waals surface area (Å²) in [6.07, 6.45) is 3.71. The first-order chi connectivity index (χ1) is 9.76. The fourth-order valence-electron chi connectivity index (χ4n) is 2.23. The summed E-state index contributed by atoms with van der Waals surface area (Å²) in [7, 11) is 1.72. The SMILES string of the molecule is COCCSCSc1nc(C)cc(C2CCC2)c1C#N. The Kier molecular flexibility index (Phi) is 6.21. The molecule has 0 bridgehead atoms. The number of thioether (sulfide) groups is 2. The Labute approximate surface area is 129 Å². The zero-order valence-electron chi connectivity index (χ0n) is 12.0. The molecule has 2 rings (SSSR count). The van der Waals surface area contributed by atoms with Crippen LogP contribution in [0.15, 0.2) is 11.1 Å². The predicted octanol–water partition coefficient (Wildman–Crippen LogP) is 3.96. The van der Waals surface area contributed by atoms with Crippen molar-refractivity contribution < 1.29 is 4.74 Å². The van der Waals surface area contributed by atoms with E-state index in [1.165, 1.54) is 24.8 Å². The standard InChI is InChI=1S/C15H20N2OS2/c1-11-8-13(12-4-3-5-12)14(9-16)15(17-11)20-10-19-7-6-18-2/h8,12H,3-7,10H2,1-2H3. The van der Waals surface area contributed by atoms with Gasteiger partial charge in [0.05, 0.1) is 12.2 Å². The van der Waals surface area contributed by atoms with E-state index >= 15 is 0 Å². The van der Waals surface area contributed by atoms with Gasteiger partial charge in [0.1, 0.15) is 11.1 Å². The number of methoxy groups -OCH3 is 1. The lowest BCUT2D eigenvalue weighted by molar-refractivity contribution is 0.219.